The van der Waals surface area contributed by atoms with Gasteiger partial charge in [-0.15, -0.1) is 0 Å². The number of halogens is 1. The van der Waals surface area contributed by atoms with Gasteiger partial charge in [0.15, 0.2) is 11.5 Å². The van der Waals surface area contributed by atoms with E-state index in [0.29, 0.717) is 42.7 Å². The number of amides is 1. The predicted molar refractivity (Wildman–Crippen MR) is 102 cm³/mol. The zero-order chi connectivity index (χ0) is 19.5. The van der Waals surface area contributed by atoms with Crippen LogP contribution in [0.4, 0.5) is 0 Å². The van der Waals surface area contributed by atoms with E-state index in [4.69, 9.17) is 31.5 Å². The molecule has 0 saturated heterocycles. The van der Waals surface area contributed by atoms with Gasteiger partial charge in [0.25, 0.3) is 0 Å². The van der Waals surface area contributed by atoms with Crippen LogP contribution in [0.25, 0.3) is 0 Å². The lowest BCUT2D eigenvalue weighted by atomic mass is 9.54. The molecule has 0 heterocycles. The molecule has 2 unspecified atom stereocenters. The van der Waals surface area contributed by atoms with Gasteiger partial charge in [-0.25, -0.2) is 0 Å². The first-order valence-electron chi connectivity index (χ1n) is 8.89. The molecule has 0 radical (unpaired) electrons. The minimum atomic E-state index is -0.952. The summed E-state index contributed by atoms with van der Waals surface area (Å²) < 4.78 is 16.5. The molecule has 0 aliphatic heterocycles. The molecule has 0 bridgehead atoms. The van der Waals surface area contributed by atoms with Crippen LogP contribution in [0.3, 0.4) is 0 Å². The Hall–Kier alpha value is -1.50. The first-order chi connectivity index (χ1) is 12.2. The van der Waals surface area contributed by atoms with E-state index >= 15 is 0 Å². The second-order valence-electron chi connectivity index (χ2n) is 7.07. The smallest absolute Gasteiger partial charge is 0.241 e. The normalized spacial score (nSPS) is 23.9. The maximum absolute atomic E-state index is 12.7. The molecule has 146 valence electrons. The minimum absolute atomic E-state index is 0.0109. The first-order valence-corrected chi connectivity index (χ1v) is 9.27. The summed E-state index contributed by atoms with van der Waals surface area (Å²) in [6.45, 7) is 9.14. The molecule has 3 N–H and O–H groups in total. The van der Waals surface area contributed by atoms with E-state index in [1.165, 1.54) is 0 Å². The van der Waals surface area contributed by atoms with Crippen molar-refractivity contribution in [2.24, 2.45) is 11.1 Å². The molecule has 1 aliphatic carbocycles. The molecule has 2 rings (SSSR count). The fraction of sp³-hybridized carbons (Fsp3) is 0.632. The van der Waals surface area contributed by atoms with Crippen molar-refractivity contribution in [3.05, 3.63) is 22.7 Å². The molecule has 1 aromatic carbocycles. The van der Waals surface area contributed by atoms with Crippen LogP contribution in [-0.2, 0) is 16.1 Å². The van der Waals surface area contributed by atoms with Crippen molar-refractivity contribution in [3.63, 3.8) is 0 Å². The summed E-state index contributed by atoms with van der Waals surface area (Å²) in [7, 11) is 1.55. The highest BCUT2D eigenvalue weighted by Crippen LogP contribution is 2.49. The summed E-state index contributed by atoms with van der Waals surface area (Å²) >= 11 is 6.28. The largest absolute Gasteiger partial charge is 0.493 e. The minimum Gasteiger partial charge on any atom is -0.493 e. The van der Waals surface area contributed by atoms with Crippen LogP contribution in [0.2, 0.25) is 5.02 Å². The molecule has 0 spiro atoms. The maximum atomic E-state index is 12.7. The summed E-state index contributed by atoms with van der Waals surface area (Å²) in [5, 5.41) is 3.36. The molecular weight excluding hydrogens is 356 g/mol. The fourth-order valence-electron chi connectivity index (χ4n) is 3.32. The van der Waals surface area contributed by atoms with Gasteiger partial charge in [-0.2, -0.15) is 0 Å². The van der Waals surface area contributed by atoms with Gasteiger partial charge in [0.1, 0.15) is 5.54 Å². The third-order valence-electron chi connectivity index (χ3n) is 5.27. The van der Waals surface area contributed by atoms with Crippen LogP contribution in [-0.4, -0.2) is 37.9 Å². The quantitative estimate of drug-likeness (QED) is 0.720. The summed E-state index contributed by atoms with van der Waals surface area (Å²) in [5.41, 5.74) is 5.82. The second-order valence-corrected chi connectivity index (χ2v) is 7.47. The Labute approximate surface area is 160 Å². The molecule has 1 amide bonds. The topological polar surface area (TPSA) is 82.8 Å². The highest BCUT2D eigenvalue weighted by Gasteiger charge is 2.62. The number of nitrogens with two attached hydrogens (primary N) is 1. The van der Waals surface area contributed by atoms with Crippen LogP contribution < -0.4 is 20.5 Å². The lowest BCUT2D eigenvalue weighted by Crippen LogP contribution is -2.75. The highest BCUT2D eigenvalue weighted by molar-refractivity contribution is 6.32. The lowest BCUT2D eigenvalue weighted by Gasteiger charge is -2.57. The van der Waals surface area contributed by atoms with Gasteiger partial charge < -0.3 is 25.3 Å². The fourth-order valence-corrected chi connectivity index (χ4v) is 3.61. The molecule has 1 saturated carbocycles. The number of hydrogen-bond donors (Lipinski definition) is 2. The van der Waals surface area contributed by atoms with Crippen molar-refractivity contribution in [2.45, 2.75) is 52.3 Å². The van der Waals surface area contributed by atoms with E-state index < -0.39 is 11.0 Å². The third-order valence-corrected chi connectivity index (χ3v) is 5.55. The highest BCUT2D eigenvalue weighted by atomic mass is 35.5. The standard InChI is InChI=1S/C19H29ClN2O4/c1-6-25-15-10-19(21,18(15,3)4)17(23)22-11-12-8-13(20)16(26-7-2)14(9-12)24-5/h8-9,15H,6-7,10-11,21H2,1-5H3,(H,22,23). The van der Waals surface area contributed by atoms with E-state index in [0.717, 1.165) is 5.56 Å². The van der Waals surface area contributed by atoms with Crippen LogP contribution in [0.15, 0.2) is 12.1 Å². The Morgan fingerprint density at radius 3 is 2.58 bits per heavy atom. The summed E-state index contributed by atoms with van der Waals surface area (Å²) in [5.74, 6) is 0.843. The zero-order valence-electron chi connectivity index (χ0n) is 16.1. The van der Waals surface area contributed by atoms with Crippen LogP contribution in [0.5, 0.6) is 11.5 Å². The van der Waals surface area contributed by atoms with E-state index in [9.17, 15) is 4.79 Å². The van der Waals surface area contributed by atoms with E-state index in [1.807, 2.05) is 27.7 Å². The number of hydrogen-bond acceptors (Lipinski definition) is 5. The summed E-state index contributed by atoms with van der Waals surface area (Å²) in [4.78, 5) is 12.7. The van der Waals surface area contributed by atoms with E-state index in [2.05, 4.69) is 5.32 Å². The Morgan fingerprint density at radius 2 is 2.04 bits per heavy atom. The van der Waals surface area contributed by atoms with Crippen LogP contribution in [0, 0.1) is 5.41 Å². The van der Waals surface area contributed by atoms with Crippen molar-refractivity contribution in [2.75, 3.05) is 20.3 Å². The molecule has 6 nitrogen and oxygen atoms in total. The molecule has 26 heavy (non-hydrogen) atoms. The van der Waals surface area contributed by atoms with Crippen molar-refractivity contribution in [1.82, 2.24) is 5.32 Å². The molecular formula is C19H29ClN2O4. The van der Waals surface area contributed by atoms with Crippen molar-refractivity contribution in [1.29, 1.82) is 0 Å². The SMILES string of the molecule is CCOc1c(Cl)cc(CNC(=O)C2(N)CC(OCC)C2(C)C)cc1OC. The Kier molecular flexibility index (Phi) is 6.42. The monoisotopic (exact) mass is 384 g/mol. The van der Waals surface area contributed by atoms with Gasteiger partial charge in [0.2, 0.25) is 5.91 Å². The number of rotatable bonds is 8. The average molecular weight is 385 g/mol. The first kappa shape index (κ1) is 20.8. The Morgan fingerprint density at radius 1 is 1.35 bits per heavy atom. The molecule has 0 aromatic heterocycles. The van der Waals surface area contributed by atoms with Crippen LogP contribution in [0.1, 0.15) is 39.7 Å². The second kappa shape index (κ2) is 8.03. The van der Waals surface area contributed by atoms with Gasteiger partial charge in [-0.1, -0.05) is 25.4 Å². The molecule has 1 aromatic rings. The third kappa shape index (κ3) is 3.63. The number of benzene rings is 1. The van der Waals surface area contributed by atoms with Gasteiger partial charge >= 0.3 is 0 Å². The van der Waals surface area contributed by atoms with E-state index in [1.54, 1.807) is 19.2 Å². The van der Waals surface area contributed by atoms with Gasteiger partial charge in [-0.3, -0.25) is 4.79 Å². The summed E-state index contributed by atoms with van der Waals surface area (Å²) in [6, 6.07) is 3.56. The maximum Gasteiger partial charge on any atom is 0.241 e. The lowest BCUT2D eigenvalue weighted by molar-refractivity contribution is -0.170. The van der Waals surface area contributed by atoms with Crippen LogP contribution >= 0.6 is 11.6 Å². The van der Waals surface area contributed by atoms with Crippen molar-refractivity contribution < 1.29 is 19.0 Å². The number of carbonyl (C=O) groups excluding carboxylic acids is 1. The van der Waals surface area contributed by atoms with Gasteiger partial charge in [0, 0.05) is 25.0 Å². The Bertz CT molecular complexity index is 665. The average Bonchev–Trinajstić information content (AvgIpc) is 2.61. The molecule has 1 aliphatic rings. The van der Waals surface area contributed by atoms with E-state index in [-0.39, 0.29) is 12.0 Å². The van der Waals surface area contributed by atoms with Crippen molar-refractivity contribution in [3.8, 4) is 11.5 Å². The molecule has 2 atom stereocenters. The number of nitrogens with one attached hydrogen (secondary N) is 1. The Balaban J connectivity index is 2.07. The molecule has 1 fully saturated rings. The summed E-state index contributed by atoms with van der Waals surface area (Å²) in [6.07, 6.45) is 0.496. The number of carbonyl (C=O) groups is 1. The number of methoxy groups -OCH3 is 1. The van der Waals surface area contributed by atoms with Crippen molar-refractivity contribution >= 4 is 17.5 Å². The predicted octanol–water partition coefficient (Wildman–Crippen LogP) is 2.90. The van der Waals surface area contributed by atoms with Gasteiger partial charge in [-0.05, 0) is 31.5 Å². The molecule has 7 heteroatoms. The van der Waals surface area contributed by atoms with Gasteiger partial charge in [0.05, 0.1) is 24.8 Å². The zero-order valence-corrected chi connectivity index (χ0v) is 16.9. The number of ether oxygens (including phenoxy) is 3.